The molecule has 0 saturated heterocycles. The molecule has 0 spiro atoms. The normalized spacial score (nSPS) is 10.7. The topological polar surface area (TPSA) is 41.6 Å². The van der Waals surface area contributed by atoms with E-state index in [0.29, 0.717) is 23.0 Å². The highest BCUT2D eigenvalue weighted by molar-refractivity contribution is 7.09. The summed E-state index contributed by atoms with van der Waals surface area (Å²) < 4.78 is 5.08. The molecule has 112 valence electrons. The quantitative estimate of drug-likeness (QED) is 0.884. The van der Waals surface area contributed by atoms with E-state index in [2.05, 4.69) is 11.4 Å². The summed E-state index contributed by atoms with van der Waals surface area (Å²) in [6, 6.07) is 9.24. The standard InChI is InChI=1S/C15H17ClN2O2S/c1-18(9-12-4-3-7-21-12)10-15(19)17-11-5-6-14(20-2)13(16)8-11/h3-8H,9-10H2,1-2H3,(H,17,19). The largest absolute Gasteiger partial charge is 0.495 e. The van der Waals surface area contributed by atoms with Crippen molar-refractivity contribution >= 4 is 34.5 Å². The van der Waals surface area contributed by atoms with Crippen LogP contribution in [0.1, 0.15) is 4.88 Å². The van der Waals surface area contributed by atoms with Crippen LogP contribution in [-0.2, 0) is 11.3 Å². The number of ether oxygens (including phenoxy) is 1. The molecular weight excluding hydrogens is 308 g/mol. The van der Waals surface area contributed by atoms with Crippen molar-refractivity contribution in [2.45, 2.75) is 6.54 Å². The monoisotopic (exact) mass is 324 g/mol. The van der Waals surface area contributed by atoms with Gasteiger partial charge in [0.25, 0.3) is 0 Å². The number of likely N-dealkylation sites (N-methyl/N-ethyl adjacent to an activating group) is 1. The minimum absolute atomic E-state index is 0.0738. The first kappa shape index (κ1) is 15.8. The molecule has 4 nitrogen and oxygen atoms in total. The molecule has 0 fully saturated rings. The minimum atomic E-state index is -0.0738. The SMILES string of the molecule is COc1ccc(NC(=O)CN(C)Cc2cccs2)cc1Cl. The van der Waals surface area contributed by atoms with Crippen LogP contribution >= 0.6 is 22.9 Å². The molecule has 2 aromatic rings. The summed E-state index contributed by atoms with van der Waals surface area (Å²) in [6.07, 6.45) is 0. The zero-order chi connectivity index (χ0) is 15.2. The first-order chi connectivity index (χ1) is 10.1. The van der Waals surface area contributed by atoms with Crippen LogP contribution in [0.5, 0.6) is 5.75 Å². The third-order valence-corrected chi connectivity index (χ3v) is 4.01. The lowest BCUT2D eigenvalue weighted by molar-refractivity contribution is -0.117. The summed E-state index contributed by atoms with van der Waals surface area (Å²) in [6.45, 7) is 1.08. The second kappa shape index (κ2) is 7.45. The van der Waals surface area contributed by atoms with E-state index in [1.807, 2.05) is 23.4 Å². The maximum Gasteiger partial charge on any atom is 0.238 e. The predicted molar refractivity (Wildman–Crippen MR) is 87.3 cm³/mol. The highest BCUT2D eigenvalue weighted by atomic mass is 35.5. The molecule has 0 bridgehead atoms. The van der Waals surface area contributed by atoms with Crippen LogP contribution in [0, 0.1) is 0 Å². The van der Waals surface area contributed by atoms with Crippen LogP contribution in [0.3, 0.4) is 0 Å². The molecule has 0 atom stereocenters. The van der Waals surface area contributed by atoms with Gasteiger partial charge in [0.15, 0.2) is 0 Å². The number of thiophene rings is 1. The van der Waals surface area contributed by atoms with E-state index in [1.165, 1.54) is 4.88 Å². The van der Waals surface area contributed by atoms with Crippen molar-refractivity contribution in [3.05, 3.63) is 45.6 Å². The molecule has 21 heavy (non-hydrogen) atoms. The molecule has 1 aromatic carbocycles. The number of methoxy groups -OCH3 is 1. The Bertz CT molecular complexity index is 602. The molecule has 0 aliphatic heterocycles. The Balaban J connectivity index is 1.87. The lowest BCUT2D eigenvalue weighted by atomic mass is 10.3. The molecule has 0 aliphatic rings. The van der Waals surface area contributed by atoms with E-state index in [4.69, 9.17) is 16.3 Å². The minimum Gasteiger partial charge on any atom is -0.495 e. The number of anilines is 1. The number of nitrogens with one attached hydrogen (secondary N) is 1. The Labute approximate surface area is 133 Å². The van der Waals surface area contributed by atoms with Crippen molar-refractivity contribution in [2.24, 2.45) is 0 Å². The Hall–Kier alpha value is -1.56. The number of benzene rings is 1. The van der Waals surface area contributed by atoms with Crippen molar-refractivity contribution in [1.82, 2.24) is 4.90 Å². The van der Waals surface area contributed by atoms with E-state index >= 15 is 0 Å². The van der Waals surface area contributed by atoms with Crippen molar-refractivity contribution in [3.63, 3.8) is 0 Å². The fourth-order valence-corrected chi connectivity index (χ4v) is 2.96. The van der Waals surface area contributed by atoms with E-state index in [0.717, 1.165) is 6.54 Å². The lowest BCUT2D eigenvalue weighted by Gasteiger charge is -2.15. The molecule has 6 heteroatoms. The molecule has 1 aromatic heterocycles. The van der Waals surface area contributed by atoms with Gasteiger partial charge in [-0.2, -0.15) is 0 Å². The average molecular weight is 325 g/mol. The third kappa shape index (κ3) is 4.74. The van der Waals surface area contributed by atoms with Gasteiger partial charge in [-0.05, 0) is 36.7 Å². The van der Waals surface area contributed by atoms with Gasteiger partial charge in [0.1, 0.15) is 5.75 Å². The molecule has 1 amide bonds. The fraction of sp³-hybridized carbons (Fsp3) is 0.267. The maximum absolute atomic E-state index is 12.0. The number of hydrogen-bond donors (Lipinski definition) is 1. The van der Waals surface area contributed by atoms with Crippen LogP contribution in [0.4, 0.5) is 5.69 Å². The van der Waals surface area contributed by atoms with E-state index < -0.39 is 0 Å². The maximum atomic E-state index is 12.0. The van der Waals surface area contributed by atoms with Crippen LogP contribution in [0.25, 0.3) is 0 Å². The molecule has 0 unspecified atom stereocenters. The van der Waals surface area contributed by atoms with Crippen molar-refractivity contribution in [2.75, 3.05) is 26.0 Å². The van der Waals surface area contributed by atoms with Gasteiger partial charge in [-0.3, -0.25) is 9.69 Å². The van der Waals surface area contributed by atoms with E-state index in [9.17, 15) is 4.79 Å². The van der Waals surface area contributed by atoms with Crippen molar-refractivity contribution < 1.29 is 9.53 Å². The van der Waals surface area contributed by atoms with Gasteiger partial charge in [0.05, 0.1) is 18.7 Å². The molecule has 0 aliphatic carbocycles. The fourth-order valence-electron chi connectivity index (χ4n) is 1.91. The smallest absolute Gasteiger partial charge is 0.238 e. The lowest BCUT2D eigenvalue weighted by Crippen LogP contribution is -2.29. The van der Waals surface area contributed by atoms with Gasteiger partial charge in [0.2, 0.25) is 5.91 Å². The van der Waals surface area contributed by atoms with Gasteiger partial charge in [-0.25, -0.2) is 0 Å². The number of rotatable bonds is 6. The highest BCUT2D eigenvalue weighted by Gasteiger charge is 2.09. The van der Waals surface area contributed by atoms with Gasteiger partial charge < -0.3 is 10.1 Å². The van der Waals surface area contributed by atoms with Crippen molar-refractivity contribution in [3.8, 4) is 5.75 Å². The Kier molecular flexibility index (Phi) is 5.61. The van der Waals surface area contributed by atoms with Gasteiger partial charge in [-0.15, -0.1) is 11.3 Å². The Morgan fingerprint density at radius 1 is 1.43 bits per heavy atom. The molecular formula is C15H17ClN2O2S. The first-order valence-electron chi connectivity index (χ1n) is 6.43. The van der Waals surface area contributed by atoms with Crippen LogP contribution in [-0.4, -0.2) is 31.5 Å². The van der Waals surface area contributed by atoms with Gasteiger partial charge >= 0.3 is 0 Å². The second-order valence-electron chi connectivity index (χ2n) is 4.65. The summed E-state index contributed by atoms with van der Waals surface area (Å²) >= 11 is 7.71. The van der Waals surface area contributed by atoms with E-state index in [1.54, 1.807) is 36.6 Å². The molecule has 1 N–H and O–H groups in total. The van der Waals surface area contributed by atoms with E-state index in [-0.39, 0.29) is 5.91 Å². The van der Waals surface area contributed by atoms with Gasteiger partial charge in [0, 0.05) is 17.1 Å². The Morgan fingerprint density at radius 2 is 2.24 bits per heavy atom. The summed E-state index contributed by atoms with van der Waals surface area (Å²) in [5, 5.41) is 5.33. The second-order valence-corrected chi connectivity index (χ2v) is 6.09. The number of hydrogen-bond acceptors (Lipinski definition) is 4. The average Bonchev–Trinajstić information content (AvgIpc) is 2.91. The van der Waals surface area contributed by atoms with Gasteiger partial charge in [-0.1, -0.05) is 17.7 Å². The van der Waals surface area contributed by atoms with Crippen LogP contribution in [0.15, 0.2) is 35.7 Å². The molecule has 0 radical (unpaired) electrons. The zero-order valence-corrected chi connectivity index (χ0v) is 13.5. The molecule has 1 heterocycles. The number of halogens is 1. The summed E-state index contributed by atoms with van der Waals surface area (Å²) in [7, 11) is 3.47. The highest BCUT2D eigenvalue weighted by Crippen LogP contribution is 2.27. The number of nitrogens with zero attached hydrogens (tertiary/aromatic N) is 1. The molecule has 0 saturated carbocycles. The Morgan fingerprint density at radius 3 is 2.86 bits per heavy atom. The third-order valence-electron chi connectivity index (χ3n) is 2.85. The van der Waals surface area contributed by atoms with Crippen LogP contribution < -0.4 is 10.1 Å². The van der Waals surface area contributed by atoms with Crippen molar-refractivity contribution in [1.29, 1.82) is 0 Å². The summed E-state index contributed by atoms with van der Waals surface area (Å²) in [5.41, 5.74) is 0.662. The number of carbonyl (C=O) groups excluding carboxylic acids is 1. The number of amides is 1. The number of carbonyl (C=O) groups is 1. The summed E-state index contributed by atoms with van der Waals surface area (Å²) in [5.74, 6) is 0.514. The molecule has 2 rings (SSSR count). The first-order valence-corrected chi connectivity index (χ1v) is 7.68. The van der Waals surface area contributed by atoms with Crippen LogP contribution in [0.2, 0.25) is 5.02 Å². The zero-order valence-electron chi connectivity index (χ0n) is 11.9. The summed E-state index contributed by atoms with van der Waals surface area (Å²) in [4.78, 5) is 15.2. The predicted octanol–water partition coefficient (Wildman–Crippen LogP) is 3.48.